The van der Waals surface area contributed by atoms with Crippen LogP contribution in [0.25, 0.3) is 11.1 Å². The minimum Gasteiger partial charge on any atom is -0.239 e. The Morgan fingerprint density at radius 1 is 0.765 bits per heavy atom. The van der Waals surface area contributed by atoms with E-state index in [-0.39, 0.29) is 11.1 Å². The lowest BCUT2D eigenvalue weighted by atomic mass is 9.81. The average Bonchev–Trinajstić information content (AvgIpc) is 2.85. The van der Waals surface area contributed by atoms with Gasteiger partial charge in [0.1, 0.15) is 0 Å². The van der Waals surface area contributed by atoms with Gasteiger partial charge in [-0.05, 0) is 77.0 Å². The van der Waals surface area contributed by atoms with Crippen molar-refractivity contribution in [3.63, 3.8) is 0 Å². The molecule has 0 aliphatic heterocycles. The first-order valence-corrected chi connectivity index (χ1v) is 12.2. The van der Waals surface area contributed by atoms with Crippen molar-refractivity contribution in [2.45, 2.75) is 70.6 Å². The molecule has 1 aromatic rings. The summed E-state index contributed by atoms with van der Waals surface area (Å²) in [5, 5.41) is 0. The maximum atomic E-state index is 15.1. The summed E-state index contributed by atoms with van der Waals surface area (Å²) in [6, 6.07) is 6.62. The van der Waals surface area contributed by atoms with Gasteiger partial charge in [-0.25, -0.2) is 17.6 Å². The molecule has 0 fully saturated rings. The molecule has 0 bridgehead atoms. The van der Waals surface area contributed by atoms with Crippen molar-refractivity contribution in [2.24, 2.45) is 5.92 Å². The molecule has 0 radical (unpaired) electrons. The zero-order valence-corrected chi connectivity index (χ0v) is 19.8. The highest BCUT2D eigenvalue weighted by Gasteiger charge is 2.34. The molecule has 0 heterocycles. The minimum atomic E-state index is -1.76. The van der Waals surface area contributed by atoms with Gasteiger partial charge in [0.15, 0.2) is 24.7 Å². The van der Waals surface area contributed by atoms with E-state index in [1.54, 1.807) is 48.6 Å². The zero-order valence-electron chi connectivity index (χ0n) is 19.8. The van der Waals surface area contributed by atoms with E-state index in [0.717, 1.165) is 31.3 Å². The van der Waals surface area contributed by atoms with Gasteiger partial charge in [-0.1, -0.05) is 80.6 Å². The molecule has 1 aromatic carbocycles. The lowest BCUT2D eigenvalue weighted by Crippen LogP contribution is -2.26. The van der Waals surface area contributed by atoms with Gasteiger partial charge < -0.3 is 0 Å². The van der Waals surface area contributed by atoms with Gasteiger partial charge in [0.25, 0.3) is 0 Å². The second kappa shape index (κ2) is 10.8. The van der Waals surface area contributed by atoms with Gasteiger partial charge in [0.2, 0.25) is 0 Å². The summed E-state index contributed by atoms with van der Waals surface area (Å²) in [4.78, 5) is 0. The highest BCUT2D eigenvalue weighted by atomic mass is 19.2. The van der Waals surface area contributed by atoms with E-state index in [1.807, 2.05) is 25.2 Å². The normalized spacial score (nSPS) is 29.8. The number of hydrogen-bond acceptors (Lipinski definition) is 0. The molecule has 5 atom stereocenters. The van der Waals surface area contributed by atoms with Gasteiger partial charge in [-0.2, -0.15) is 0 Å². The number of halogens is 4. The minimum absolute atomic E-state index is 0.265. The quantitative estimate of drug-likeness (QED) is 0.289. The van der Waals surface area contributed by atoms with Crippen LogP contribution in [0.15, 0.2) is 83.5 Å². The van der Waals surface area contributed by atoms with E-state index in [9.17, 15) is 8.78 Å². The van der Waals surface area contributed by atoms with E-state index >= 15 is 8.78 Å². The Morgan fingerprint density at radius 2 is 1.32 bits per heavy atom. The van der Waals surface area contributed by atoms with Crippen LogP contribution in [0.4, 0.5) is 17.6 Å². The maximum absolute atomic E-state index is 15.1. The Balaban J connectivity index is 1.54. The maximum Gasteiger partial charge on any atom is 0.161 e. The van der Waals surface area contributed by atoms with Gasteiger partial charge in [-0.15, -0.1) is 0 Å². The molecule has 0 aromatic heterocycles. The average molecular weight is 469 g/mol. The van der Waals surface area contributed by atoms with Crippen LogP contribution in [0.3, 0.4) is 0 Å². The summed E-state index contributed by atoms with van der Waals surface area (Å²) in [6.45, 7) is 4.15. The molecular weight excluding hydrogens is 436 g/mol. The van der Waals surface area contributed by atoms with E-state index in [0.29, 0.717) is 34.6 Å². The number of rotatable bonds is 6. The summed E-state index contributed by atoms with van der Waals surface area (Å²) >= 11 is 0. The SMILES string of the molecule is CC/C=C\CC1=CC=C(c2ccc(C3=CC=C(C4=CCC(C)CC4)C(F)C3F)cc2)C(F)C1F. The predicted molar refractivity (Wildman–Crippen MR) is 133 cm³/mol. The topological polar surface area (TPSA) is 0 Å². The summed E-state index contributed by atoms with van der Waals surface area (Å²) in [6.07, 6.45) is 9.43. The Labute approximate surface area is 200 Å². The van der Waals surface area contributed by atoms with Crippen LogP contribution in [0, 0.1) is 5.92 Å². The third-order valence-corrected chi connectivity index (χ3v) is 7.03. The van der Waals surface area contributed by atoms with E-state index in [4.69, 9.17) is 0 Å². The van der Waals surface area contributed by atoms with Crippen LogP contribution >= 0.6 is 0 Å². The number of benzene rings is 1. The molecule has 0 N–H and O–H groups in total. The summed E-state index contributed by atoms with van der Waals surface area (Å²) in [5.74, 6) is 0.577. The first kappa shape index (κ1) is 24.5. The smallest absolute Gasteiger partial charge is 0.161 e. The first-order valence-electron chi connectivity index (χ1n) is 12.2. The standard InChI is InChI=1S/C30H32F4/c1-3-4-5-6-23-15-16-24(28(32)27(23)31)21-11-13-22(14-12-21)26-18-17-25(29(33)30(26)34)20-9-7-19(2)8-10-20/h4-5,9,11-19,27-30H,3,6-8,10H2,1-2H3/b5-4-. The Morgan fingerprint density at radius 3 is 1.91 bits per heavy atom. The molecule has 34 heavy (non-hydrogen) atoms. The molecule has 0 spiro atoms. The second-order valence-corrected chi connectivity index (χ2v) is 9.48. The van der Waals surface area contributed by atoms with Crippen molar-refractivity contribution in [3.05, 3.63) is 94.6 Å². The Hall–Kier alpha value is -2.62. The fraction of sp³-hybridized carbons (Fsp3) is 0.400. The van der Waals surface area contributed by atoms with Crippen molar-refractivity contribution < 1.29 is 17.6 Å². The summed E-state index contributed by atoms with van der Waals surface area (Å²) in [5.41, 5.74) is 3.40. The number of allylic oxidation sites excluding steroid dienone is 12. The van der Waals surface area contributed by atoms with Gasteiger partial charge in [0, 0.05) is 0 Å². The van der Waals surface area contributed by atoms with Gasteiger partial charge in [0.05, 0.1) is 0 Å². The Kier molecular flexibility index (Phi) is 7.75. The Bertz CT molecular complexity index is 1070. The van der Waals surface area contributed by atoms with Crippen molar-refractivity contribution in [1.82, 2.24) is 0 Å². The van der Waals surface area contributed by atoms with Crippen molar-refractivity contribution >= 4 is 11.1 Å². The van der Waals surface area contributed by atoms with E-state index in [1.165, 1.54) is 0 Å². The second-order valence-electron chi connectivity index (χ2n) is 9.48. The van der Waals surface area contributed by atoms with Crippen LogP contribution in [-0.4, -0.2) is 24.7 Å². The lowest BCUT2D eigenvalue weighted by molar-refractivity contribution is 0.240. The predicted octanol–water partition coefficient (Wildman–Crippen LogP) is 8.79. The molecule has 3 aliphatic carbocycles. The largest absolute Gasteiger partial charge is 0.239 e. The molecular formula is C30H32F4. The molecule has 4 heteroatoms. The molecule has 180 valence electrons. The fourth-order valence-corrected chi connectivity index (χ4v) is 4.85. The summed E-state index contributed by atoms with van der Waals surface area (Å²) in [7, 11) is 0. The molecule has 0 saturated carbocycles. The van der Waals surface area contributed by atoms with E-state index < -0.39 is 24.7 Å². The fourth-order valence-electron chi connectivity index (χ4n) is 4.85. The van der Waals surface area contributed by atoms with Crippen LogP contribution in [0.5, 0.6) is 0 Å². The molecule has 3 aliphatic rings. The third-order valence-electron chi connectivity index (χ3n) is 7.03. The molecule has 0 nitrogen and oxygen atoms in total. The number of hydrogen-bond donors (Lipinski definition) is 0. The highest BCUT2D eigenvalue weighted by molar-refractivity contribution is 5.78. The molecule has 0 amide bonds. The lowest BCUT2D eigenvalue weighted by Gasteiger charge is -2.28. The monoisotopic (exact) mass is 468 g/mol. The highest BCUT2D eigenvalue weighted by Crippen LogP contribution is 2.39. The number of alkyl halides is 4. The van der Waals surface area contributed by atoms with Crippen molar-refractivity contribution in [2.75, 3.05) is 0 Å². The van der Waals surface area contributed by atoms with Crippen LogP contribution < -0.4 is 0 Å². The van der Waals surface area contributed by atoms with E-state index in [2.05, 4.69) is 6.92 Å². The molecule has 0 saturated heterocycles. The van der Waals surface area contributed by atoms with Crippen LogP contribution in [0.1, 0.15) is 57.1 Å². The van der Waals surface area contributed by atoms with Crippen LogP contribution in [-0.2, 0) is 0 Å². The van der Waals surface area contributed by atoms with Crippen LogP contribution in [0.2, 0.25) is 0 Å². The summed E-state index contributed by atoms with van der Waals surface area (Å²) < 4.78 is 59.6. The molecule has 4 rings (SSSR count). The van der Waals surface area contributed by atoms with Crippen molar-refractivity contribution in [1.29, 1.82) is 0 Å². The molecule has 5 unspecified atom stereocenters. The van der Waals surface area contributed by atoms with Crippen molar-refractivity contribution in [3.8, 4) is 0 Å². The zero-order chi connectivity index (χ0) is 24.2. The van der Waals surface area contributed by atoms with Gasteiger partial charge >= 0.3 is 0 Å². The first-order chi connectivity index (χ1) is 16.4. The van der Waals surface area contributed by atoms with Gasteiger partial charge in [-0.3, -0.25) is 0 Å². The third kappa shape index (κ3) is 5.06.